The largest absolute Gasteiger partial charge is 0.511 e. The minimum Gasteiger partial charge on any atom is -0.449 e. The van der Waals surface area contributed by atoms with E-state index < -0.39 is 64.5 Å². The number of nitrogens with two attached hydrogens (primary N) is 2. The molecule has 3 rings (SSSR count). The number of alkyl halides is 1. The number of pyridine rings is 1. The van der Waals surface area contributed by atoms with Crippen LogP contribution in [0.1, 0.15) is 6.42 Å². The summed E-state index contributed by atoms with van der Waals surface area (Å²) in [5.74, 6) is -2.89. The predicted molar refractivity (Wildman–Crippen MR) is 96.5 cm³/mol. The zero-order valence-corrected chi connectivity index (χ0v) is 14.8. The minimum absolute atomic E-state index is 0.0510. The van der Waals surface area contributed by atoms with Gasteiger partial charge in [0.2, 0.25) is 5.43 Å². The van der Waals surface area contributed by atoms with Crippen molar-refractivity contribution in [3.63, 3.8) is 0 Å². The maximum Gasteiger partial charge on any atom is 0.511 e. The van der Waals surface area contributed by atoms with Gasteiger partial charge >= 0.3 is 6.16 Å². The van der Waals surface area contributed by atoms with Crippen LogP contribution in [0.15, 0.2) is 11.0 Å². The SMILES string of the molecule is NCC1CCN(c2c(F)c(N)c3c(=O)c(OC(=O)O)cn(CCF)c3c2F)C1. The number of halogens is 3. The summed E-state index contributed by atoms with van der Waals surface area (Å²) in [6.07, 6.45) is -0.296. The maximum absolute atomic E-state index is 15.3. The van der Waals surface area contributed by atoms with Gasteiger partial charge in [-0.25, -0.2) is 18.0 Å². The molecule has 8 nitrogen and oxygen atoms in total. The summed E-state index contributed by atoms with van der Waals surface area (Å²) in [6, 6.07) is 0. The van der Waals surface area contributed by atoms with Crippen LogP contribution >= 0.6 is 0 Å². The number of aromatic nitrogens is 1. The number of hydrogen-bond donors (Lipinski definition) is 3. The number of fused-ring (bicyclic) bond motifs is 1. The van der Waals surface area contributed by atoms with E-state index in [0.29, 0.717) is 26.1 Å². The van der Waals surface area contributed by atoms with Crippen LogP contribution in [0.4, 0.5) is 29.3 Å². The third-order valence-electron chi connectivity index (χ3n) is 4.84. The summed E-state index contributed by atoms with van der Waals surface area (Å²) in [7, 11) is 0. The Bertz CT molecular complexity index is 995. The third kappa shape index (κ3) is 3.21. The van der Waals surface area contributed by atoms with E-state index in [-0.39, 0.29) is 5.92 Å². The second-order valence-corrected chi connectivity index (χ2v) is 6.52. The first kappa shape index (κ1) is 19.8. The van der Waals surface area contributed by atoms with Gasteiger partial charge in [-0.05, 0) is 18.9 Å². The molecule has 0 radical (unpaired) electrons. The Balaban J connectivity index is 2.32. The molecule has 0 amide bonds. The molecule has 1 unspecified atom stereocenters. The Morgan fingerprint density at radius 1 is 1.36 bits per heavy atom. The highest BCUT2D eigenvalue weighted by molar-refractivity contribution is 5.96. The van der Waals surface area contributed by atoms with Crippen molar-refractivity contribution >= 4 is 28.4 Å². The molecule has 28 heavy (non-hydrogen) atoms. The van der Waals surface area contributed by atoms with Crippen molar-refractivity contribution in [3.05, 3.63) is 28.1 Å². The second kappa shape index (κ2) is 7.58. The van der Waals surface area contributed by atoms with Crippen molar-refractivity contribution in [2.75, 3.05) is 36.9 Å². The molecule has 0 bridgehead atoms. The fourth-order valence-corrected chi connectivity index (χ4v) is 3.51. The third-order valence-corrected chi connectivity index (χ3v) is 4.84. The Morgan fingerprint density at radius 2 is 2.07 bits per heavy atom. The van der Waals surface area contributed by atoms with E-state index in [9.17, 15) is 18.4 Å². The van der Waals surface area contributed by atoms with Crippen LogP contribution in [0.5, 0.6) is 5.75 Å². The average molecular weight is 400 g/mol. The van der Waals surface area contributed by atoms with Gasteiger partial charge in [0, 0.05) is 13.1 Å². The standard InChI is InChI=1S/C17H19F3N4O4/c18-2-4-24-7-9(28-17(26)27)16(25)10-13(22)11(19)15(12(20)14(10)24)23-3-1-8(5-21)6-23/h7-8H,1-6,21-22H2,(H,26,27). The highest BCUT2D eigenvalue weighted by atomic mass is 19.1. The molecule has 152 valence electrons. The van der Waals surface area contributed by atoms with Gasteiger partial charge in [-0.1, -0.05) is 0 Å². The highest BCUT2D eigenvalue weighted by Crippen LogP contribution is 2.37. The molecule has 11 heteroatoms. The van der Waals surface area contributed by atoms with Crippen LogP contribution in [0.2, 0.25) is 0 Å². The van der Waals surface area contributed by atoms with E-state index in [1.165, 1.54) is 4.90 Å². The van der Waals surface area contributed by atoms with Gasteiger partial charge < -0.3 is 30.8 Å². The number of hydrogen-bond acceptors (Lipinski definition) is 6. The number of carbonyl (C=O) groups is 1. The Hall–Kier alpha value is -2.95. The molecule has 1 aliphatic heterocycles. The van der Waals surface area contributed by atoms with Crippen molar-refractivity contribution < 1.29 is 27.8 Å². The number of carboxylic acid groups (broad SMARTS) is 1. The summed E-state index contributed by atoms with van der Waals surface area (Å²) < 4.78 is 48.6. The zero-order valence-electron chi connectivity index (χ0n) is 14.8. The Labute approximate surface area is 157 Å². The summed E-state index contributed by atoms with van der Waals surface area (Å²) in [6.45, 7) is -0.364. The molecule has 1 atom stereocenters. The molecule has 0 aliphatic carbocycles. The van der Waals surface area contributed by atoms with Gasteiger partial charge in [-0.3, -0.25) is 4.79 Å². The van der Waals surface area contributed by atoms with Crippen LogP contribution in [0.25, 0.3) is 10.9 Å². The van der Waals surface area contributed by atoms with Gasteiger partial charge in [0.25, 0.3) is 0 Å². The number of nitrogens with zero attached hydrogens (tertiary/aromatic N) is 2. The molecular weight excluding hydrogens is 381 g/mol. The molecule has 1 aromatic carbocycles. The molecular formula is C17H19F3N4O4. The van der Waals surface area contributed by atoms with E-state index in [4.69, 9.17) is 16.6 Å². The molecule has 2 heterocycles. The van der Waals surface area contributed by atoms with Crippen molar-refractivity contribution in [3.8, 4) is 5.75 Å². The van der Waals surface area contributed by atoms with Crippen LogP contribution < -0.4 is 26.5 Å². The average Bonchev–Trinajstić information content (AvgIpc) is 3.11. The van der Waals surface area contributed by atoms with Crippen LogP contribution in [0, 0.1) is 17.6 Å². The molecule has 5 N–H and O–H groups in total. The van der Waals surface area contributed by atoms with Crippen molar-refractivity contribution in [1.29, 1.82) is 0 Å². The van der Waals surface area contributed by atoms with Gasteiger partial charge in [0.1, 0.15) is 12.4 Å². The fourth-order valence-electron chi connectivity index (χ4n) is 3.51. The number of benzene rings is 1. The van der Waals surface area contributed by atoms with Crippen molar-refractivity contribution in [2.45, 2.75) is 13.0 Å². The van der Waals surface area contributed by atoms with Gasteiger partial charge in [-0.2, -0.15) is 0 Å². The van der Waals surface area contributed by atoms with E-state index in [1.807, 2.05) is 0 Å². The van der Waals surface area contributed by atoms with Crippen LogP contribution in [-0.2, 0) is 6.54 Å². The van der Waals surface area contributed by atoms with E-state index in [0.717, 1.165) is 10.8 Å². The highest BCUT2D eigenvalue weighted by Gasteiger charge is 2.31. The monoisotopic (exact) mass is 400 g/mol. The molecule has 1 fully saturated rings. The van der Waals surface area contributed by atoms with Gasteiger partial charge in [-0.15, -0.1) is 0 Å². The number of nitrogen functional groups attached to an aromatic ring is 1. The lowest BCUT2D eigenvalue weighted by molar-refractivity contribution is 0.143. The fraction of sp³-hybridized carbons (Fsp3) is 0.412. The molecule has 1 aromatic heterocycles. The zero-order chi connectivity index (χ0) is 20.6. The Morgan fingerprint density at radius 3 is 2.64 bits per heavy atom. The number of rotatable bonds is 5. The summed E-state index contributed by atoms with van der Waals surface area (Å²) in [5, 5.41) is 8.16. The smallest absolute Gasteiger partial charge is 0.449 e. The second-order valence-electron chi connectivity index (χ2n) is 6.52. The lowest BCUT2D eigenvalue weighted by atomic mass is 10.1. The molecule has 2 aromatic rings. The first-order chi connectivity index (χ1) is 13.3. The lowest BCUT2D eigenvalue weighted by Crippen LogP contribution is -2.26. The number of aryl methyl sites for hydroxylation is 1. The van der Waals surface area contributed by atoms with Crippen LogP contribution in [-0.4, -0.2) is 42.1 Å². The maximum atomic E-state index is 15.3. The van der Waals surface area contributed by atoms with E-state index >= 15 is 4.39 Å². The minimum atomic E-state index is -1.80. The van der Waals surface area contributed by atoms with Crippen molar-refractivity contribution in [1.82, 2.24) is 4.57 Å². The normalized spacial score (nSPS) is 16.7. The molecule has 0 spiro atoms. The lowest BCUT2D eigenvalue weighted by Gasteiger charge is -2.23. The summed E-state index contributed by atoms with van der Waals surface area (Å²) in [5.41, 5.74) is 8.82. The molecule has 0 saturated carbocycles. The quantitative estimate of drug-likeness (QED) is 0.515. The summed E-state index contributed by atoms with van der Waals surface area (Å²) in [4.78, 5) is 24.8. The van der Waals surface area contributed by atoms with Gasteiger partial charge in [0.15, 0.2) is 17.4 Å². The van der Waals surface area contributed by atoms with Gasteiger partial charge in [0.05, 0.1) is 29.3 Å². The first-order valence-electron chi connectivity index (χ1n) is 8.55. The van der Waals surface area contributed by atoms with E-state index in [1.54, 1.807) is 0 Å². The summed E-state index contributed by atoms with van der Waals surface area (Å²) >= 11 is 0. The van der Waals surface area contributed by atoms with Crippen molar-refractivity contribution in [2.24, 2.45) is 11.7 Å². The number of ether oxygens (including phenoxy) is 1. The van der Waals surface area contributed by atoms with E-state index in [2.05, 4.69) is 4.74 Å². The number of anilines is 2. The molecule has 1 aliphatic rings. The Kier molecular flexibility index (Phi) is 5.36. The molecule has 1 saturated heterocycles. The predicted octanol–water partition coefficient (Wildman–Crippen LogP) is 1.67. The van der Waals surface area contributed by atoms with Crippen LogP contribution in [0.3, 0.4) is 0 Å². The first-order valence-corrected chi connectivity index (χ1v) is 8.55. The topological polar surface area (TPSA) is 124 Å².